The zero-order chi connectivity index (χ0) is 26.8. The fourth-order valence-electron chi connectivity index (χ4n) is 5.82. The van der Waals surface area contributed by atoms with Crippen molar-refractivity contribution in [3.8, 4) is 5.75 Å². The van der Waals surface area contributed by atoms with Gasteiger partial charge in [-0.1, -0.05) is 42.5 Å². The molecule has 1 spiro atoms. The SMILES string of the molecule is CCO[C@@](C(=O)N1CCC2(CC1)CC(=O)NCC2c1cccc(F)c1OC)(c1ccccc1)C(F)(F)F. The van der Waals surface area contributed by atoms with E-state index in [1.165, 1.54) is 49.3 Å². The maximum absolute atomic E-state index is 14.6. The van der Waals surface area contributed by atoms with Crippen molar-refractivity contribution in [1.29, 1.82) is 0 Å². The first-order valence-electron chi connectivity index (χ1n) is 12.2. The lowest BCUT2D eigenvalue weighted by molar-refractivity contribution is -0.277. The summed E-state index contributed by atoms with van der Waals surface area (Å²) in [6, 6.07) is 11.5. The number of carbonyl (C=O) groups is 2. The number of carbonyl (C=O) groups excluding carboxylic acids is 2. The molecule has 37 heavy (non-hydrogen) atoms. The number of para-hydroxylation sites is 1. The standard InChI is InChI=1S/C27H30F4N2O4/c1-3-37-26(27(29,30)31,18-8-5-4-6-9-18)24(35)33-14-12-25(13-15-33)16-22(34)32-17-20(25)19-10-7-11-21(28)23(19)36-2/h4-11,20H,3,12-17H2,1-2H3,(H,32,34)/t20?,26-/m1/s1. The minimum Gasteiger partial charge on any atom is -0.493 e. The smallest absolute Gasteiger partial charge is 0.430 e. The zero-order valence-corrected chi connectivity index (χ0v) is 20.7. The number of likely N-dealkylation sites (tertiary alicyclic amines) is 1. The monoisotopic (exact) mass is 522 g/mol. The average Bonchev–Trinajstić information content (AvgIpc) is 2.87. The van der Waals surface area contributed by atoms with E-state index in [4.69, 9.17) is 9.47 Å². The van der Waals surface area contributed by atoms with Crippen LogP contribution in [0.4, 0.5) is 17.6 Å². The van der Waals surface area contributed by atoms with Gasteiger partial charge in [-0.3, -0.25) is 9.59 Å². The van der Waals surface area contributed by atoms with E-state index in [2.05, 4.69) is 5.32 Å². The van der Waals surface area contributed by atoms with Crippen LogP contribution in [0, 0.1) is 11.2 Å². The largest absolute Gasteiger partial charge is 0.493 e. The minimum absolute atomic E-state index is 0.00200. The van der Waals surface area contributed by atoms with Crippen LogP contribution in [0.2, 0.25) is 0 Å². The molecule has 2 aliphatic rings. The molecule has 0 aliphatic carbocycles. The third-order valence-corrected chi connectivity index (χ3v) is 7.62. The summed E-state index contributed by atoms with van der Waals surface area (Å²) in [5, 5.41) is 2.82. The van der Waals surface area contributed by atoms with Crippen molar-refractivity contribution >= 4 is 11.8 Å². The quantitative estimate of drug-likeness (QED) is 0.566. The summed E-state index contributed by atoms with van der Waals surface area (Å²) in [6.07, 6.45) is -4.34. The van der Waals surface area contributed by atoms with Gasteiger partial charge in [-0.15, -0.1) is 0 Å². The van der Waals surface area contributed by atoms with Crippen LogP contribution in [0.5, 0.6) is 5.75 Å². The van der Waals surface area contributed by atoms with E-state index in [1.54, 1.807) is 18.2 Å². The second-order valence-electron chi connectivity index (χ2n) is 9.53. The number of ether oxygens (including phenoxy) is 2. The van der Waals surface area contributed by atoms with Crippen molar-refractivity contribution < 1.29 is 36.6 Å². The lowest BCUT2D eigenvalue weighted by atomic mass is 9.62. The van der Waals surface area contributed by atoms with Gasteiger partial charge in [-0.05, 0) is 31.2 Å². The highest BCUT2D eigenvalue weighted by atomic mass is 19.4. The molecule has 2 amide bonds. The molecule has 2 atom stereocenters. The number of rotatable bonds is 6. The number of alkyl halides is 3. The van der Waals surface area contributed by atoms with E-state index in [1.807, 2.05) is 0 Å². The number of halogens is 4. The number of hydrogen-bond donors (Lipinski definition) is 1. The molecule has 1 N–H and O–H groups in total. The maximum atomic E-state index is 14.6. The van der Waals surface area contributed by atoms with Crippen LogP contribution >= 0.6 is 0 Å². The minimum atomic E-state index is -5.00. The summed E-state index contributed by atoms with van der Waals surface area (Å²) in [5.41, 5.74) is -3.50. The first kappa shape index (κ1) is 26.9. The molecule has 4 rings (SSSR count). The second kappa shape index (κ2) is 10.3. The molecule has 2 fully saturated rings. The summed E-state index contributed by atoms with van der Waals surface area (Å²) >= 11 is 0. The Labute approximate surface area is 212 Å². The Kier molecular flexibility index (Phi) is 7.50. The van der Waals surface area contributed by atoms with Crippen molar-refractivity contribution in [2.24, 2.45) is 5.41 Å². The van der Waals surface area contributed by atoms with E-state index >= 15 is 0 Å². The molecule has 2 saturated heterocycles. The molecule has 10 heteroatoms. The van der Waals surface area contributed by atoms with Gasteiger partial charge >= 0.3 is 6.18 Å². The Morgan fingerprint density at radius 2 is 1.78 bits per heavy atom. The number of hydrogen-bond acceptors (Lipinski definition) is 4. The van der Waals surface area contributed by atoms with Crippen LogP contribution < -0.4 is 10.1 Å². The van der Waals surface area contributed by atoms with E-state index in [-0.39, 0.29) is 68.6 Å². The lowest BCUT2D eigenvalue weighted by Crippen LogP contribution is -2.60. The van der Waals surface area contributed by atoms with Crippen LogP contribution in [0.1, 0.15) is 43.2 Å². The molecule has 2 aliphatic heterocycles. The van der Waals surface area contributed by atoms with Gasteiger partial charge < -0.3 is 19.7 Å². The fraction of sp³-hybridized carbons (Fsp3) is 0.481. The first-order valence-corrected chi connectivity index (χ1v) is 12.2. The van der Waals surface area contributed by atoms with Gasteiger partial charge in [0.15, 0.2) is 11.6 Å². The van der Waals surface area contributed by atoms with Gasteiger partial charge in [-0.25, -0.2) is 4.39 Å². The molecule has 2 aromatic carbocycles. The first-order chi connectivity index (χ1) is 17.6. The molecule has 0 radical (unpaired) electrons. The van der Waals surface area contributed by atoms with E-state index in [0.717, 1.165) is 0 Å². The number of methoxy groups -OCH3 is 1. The van der Waals surface area contributed by atoms with Crippen molar-refractivity contribution in [3.63, 3.8) is 0 Å². The number of amides is 2. The van der Waals surface area contributed by atoms with Crippen molar-refractivity contribution in [2.75, 3.05) is 33.4 Å². The Hall–Kier alpha value is -3.14. The summed E-state index contributed by atoms with van der Waals surface area (Å²) in [4.78, 5) is 27.2. The van der Waals surface area contributed by atoms with Gasteiger partial charge in [0, 0.05) is 49.7 Å². The Bertz CT molecular complexity index is 1130. The highest BCUT2D eigenvalue weighted by Crippen LogP contribution is 2.52. The fourth-order valence-corrected chi connectivity index (χ4v) is 5.82. The Balaban J connectivity index is 1.66. The van der Waals surface area contributed by atoms with Gasteiger partial charge in [0.05, 0.1) is 7.11 Å². The van der Waals surface area contributed by atoms with Crippen LogP contribution in [0.15, 0.2) is 48.5 Å². The zero-order valence-electron chi connectivity index (χ0n) is 20.7. The highest BCUT2D eigenvalue weighted by Gasteiger charge is 2.64. The molecular formula is C27H30F4N2O4. The molecule has 2 heterocycles. The van der Waals surface area contributed by atoms with E-state index in [0.29, 0.717) is 5.56 Å². The number of nitrogens with one attached hydrogen (secondary N) is 1. The predicted molar refractivity (Wildman–Crippen MR) is 127 cm³/mol. The maximum Gasteiger partial charge on any atom is 0.430 e. The highest BCUT2D eigenvalue weighted by molar-refractivity contribution is 5.88. The summed E-state index contributed by atoms with van der Waals surface area (Å²) in [5.74, 6) is -2.15. The van der Waals surface area contributed by atoms with Gasteiger partial charge in [0.25, 0.3) is 11.5 Å². The van der Waals surface area contributed by atoms with Gasteiger partial charge in [0.2, 0.25) is 5.91 Å². The number of piperidine rings is 2. The topological polar surface area (TPSA) is 67.9 Å². The molecule has 1 unspecified atom stereocenters. The molecule has 0 aromatic heterocycles. The predicted octanol–water partition coefficient (Wildman–Crippen LogP) is 4.54. The van der Waals surface area contributed by atoms with Crippen LogP contribution in [-0.2, 0) is 19.9 Å². The van der Waals surface area contributed by atoms with Crippen LogP contribution in [0.3, 0.4) is 0 Å². The third-order valence-electron chi connectivity index (χ3n) is 7.62. The Morgan fingerprint density at radius 3 is 2.38 bits per heavy atom. The summed E-state index contributed by atoms with van der Waals surface area (Å²) < 4.78 is 68.8. The van der Waals surface area contributed by atoms with Gasteiger partial charge in [0.1, 0.15) is 0 Å². The molecular weight excluding hydrogens is 492 g/mol. The molecule has 0 saturated carbocycles. The van der Waals surface area contributed by atoms with Crippen LogP contribution in [-0.4, -0.2) is 56.2 Å². The number of nitrogens with zero attached hydrogens (tertiary/aromatic N) is 1. The van der Waals surface area contributed by atoms with Crippen molar-refractivity contribution in [1.82, 2.24) is 10.2 Å². The summed E-state index contributed by atoms with van der Waals surface area (Å²) in [6.45, 7) is 1.33. The average molecular weight is 523 g/mol. The van der Waals surface area contributed by atoms with E-state index < -0.39 is 28.9 Å². The number of benzene rings is 2. The Morgan fingerprint density at radius 1 is 1.11 bits per heavy atom. The molecule has 6 nitrogen and oxygen atoms in total. The second-order valence-corrected chi connectivity index (χ2v) is 9.53. The summed E-state index contributed by atoms with van der Waals surface area (Å²) in [7, 11) is 1.37. The van der Waals surface area contributed by atoms with Crippen molar-refractivity contribution in [3.05, 3.63) is 65.5 Å². The lowest BCUT2D eigenvalue weighted by Gasteiger charge is -2.50. The van der Waals surface area contributed by atoms with E-state index in [9.17, 15) is 27.2 Å². The molecule has 2 aromatic rings. The normalized spacial score (nSPS) is 21.3. The third kappa shape index (κ3) is 4.67. The van der Waals surface area contributed by atoms with Crippen LogP contribution in [0.25, 0.3) is 0 Å². The molecule has 200 valence electrons. The van der Waals surface area contributed by atoms with Crippen molar-refractivity contribution in [2.45, 2.75) is 43.9 Å². The molecule has 0 bridgehead atoms. The van der Waals surface area contributed by atoms with Gasteiger partial charge in [-0.2, -0.15) is 13.2 Å².